The van der Waals surface area contributed by atoms with Gasteiger partial charge in [0, 0.05) is 48.5 Å². The molecule has 2 saturated heterocycles. The molecular weight excluding hydrogens is 636 g/mol. The van der Waals surface area contributed by atoms with Gasteiger partial charge in [0.05, 0.1) is 0 Å². The van der Waals surface area contributed by atoms with Crippen molar-refractivity contribution < 1.29 is 85.7 Å². The van der Waals surface area contributed by atoms with Gasteiger partial charge in [-0.05, 0) is 0 Å². The maximum Gasteiger partial charge on any atom is 0.303 e. The van der Waals surface area contributed by atoms with Gasteiger partial charge < -0.3 is 52.1 Å². The van der Waals surface area contributed by atoms with Crippen LogP contribution in [0.1, 0.15) is 48.5 Å². The van der Waals surface area contributed by atoms with E-state index in [-0.39, 0.29) is 6.61 Å². The molecule has 0 aromatic heterocycles. The third-order valence-electron chi connectivity index (χ3n) is 6.22. The normalized spacial score (nSPS) is 30.0. The van der Waals surface area contributed by atoms with Gasteiger partial charge in [-0.1, -0.05) is 5.92 Å². The van der Waals surface area contributed by atoms with Gasteiger partial charge in [-0.15, -0.1) is 6.42 Å². The van der Waals surface area contributed by atoms with Crippen molar-refractivity contribution in [1.29, 1.82) is 0 Å². The number of hydrogen-bond donors (Lipinski definition) is 0. The first-order valence-electron chi connectivity index (χ1n) is 14.2. The minimum absolute atomic E-state index is 0.347. The molecule has 0 amide bonds. The zero-order valence-corrected chi connectivity index (χ0v) is 26.8. The average molecular weight is 675 g/mol. The molecule has 2 rings (SSSR count). The summed E-state index contributed by atoms with van der Waals surface area (Å²) in [5, 5.41) is 0. The van der Waals surface area contributed by atoms with Gasteiger partial charge in [0.2, 0.25) is 0 Å². The summed E-state index contributed by atoms with van der Waals surface area (Å²) in [7, 11) is 0. The SMILES string of the molecule is C#CCO[C@@H]1O[C@H](COC(C)=O)[C@@H](O[C@@H]2O[C@H](COC(C)=O)[C@@H](OC(C)=O)[C@H](OC(C)=O)[C@H]2OC(C)=O)[C@H](OC(C)=O)[C@H]1OC(C)=O. The molecule has 2 aliphatic heterocycles. The molecule has 0 radical (unpaired) electrons. The highest BCUT2D eigenvalue weighted by molar-refractivity contribution is 5.69. The molecular formula is C29H38O18. The monoisotopic (exact) mass is 674 g/mol. The molecule has 0 aromatic rings. The van der Waals surface area contributed by atoms with Crippen molar-refractivity contribution in [2.75, 3.05) is 19.8 Å². The first-order chi connectivity index (χ1) is 22.0. The molecule has 0 bridgehead atoms. The minimum atomic E-state index is -1.79. The summed E-state index contributed by atoms with van der Waals surface area (Å²) in [4.78, 5) is 84.5. The Morgan fingerprint density at radius 2 is 0.872 bits per heavy atom. The van der Waals surface area contributed by atoms with Crippen LogP contribution in [0.5, 0.6) is 0 Å². The van der Waals surface area contributed by atoms with E-state index in [1.54, 1.807) is 0 Å². The maximum absolute atomic E-state index is 12.3. The molecule has 2 heterocycles. The van der Waals surface area contributed by atoms with Gasteiger partial charge in [-0.2, -0.15) is 0 Å². The van der Waals surface area contributed by atoms with Gasteiger partial charge in [-0.3, -0.25) is 33.6 Å². The van der Waals surface area contributed by atoms with Crippen LogP contribution in [0.3, 0.4) is 0 Å². The van der Waals surface area contributed by atoms with Crippen molar-refractivity contribution in [2.45, 2.75) is 110 Å². The van der Waals surface area contributed by atoms with E-state index in [4.69, 9.17) is 58.5 Å². The summed E-state index contributed by atoms with van der Waals surface area (Å²) in [6.45, 7) is 5.94. The van der Waals surface area contributed by atoms with Crippen molar-refractivity contribution >= 4 is 41.8 Å². The Labute approximate surface area is 269 Å². The van der Waals surface area contributed by atoms with Crippen LogP contribution in [0.25, 0.3) is 0 Å². The van der Waals surface area contributed by atoms with Crippen LogP contribution in [-0.2, 0) is 85.7 Å². The fraction of sp³-hybridized carbons (Fsp3) is 0.690. The molecule has 0 aromatic carbocycles. The molecule has 18 nitrogen and oxygen atoms in total. The van der Waals surface area contributed by atoms with Crippen LogP contribution in [-0.4, -0.2) is 123 Å². The molecule has 2 aliphatic rings. The van der Waals surface area contributed by atoms with Crippen LogP contribution in [0.4, 0.5) is 0 Å². The van der Waals surface area contributed by atoms with E-state index in [1.165, 1.54) is 0 Å². The lowest BCUT2D eigenvalue weighted by atomic mass is 9.96. The summed E-state index contributed by atoms with van der Waals surface area (Å²) < 4.78 is 61.0. The first kappa shape index (κ1) is 38.9. The number of ether oxygens (including phenoxy) is 11. The number of rotatable bonds is 13. The van der Waals surface area contributed by atoms with Crippen molar-refractivity contribution in [3.63, 3.8) is 0 Å². The van der Waals surface area contributed by atoms with Crippen molar-refractivity contribution in [2.24, 2.45) is 0 Å². The summed E-state index contributed by atoms with van der Waals surface area (Å²) >= 11 is 0. The van der Waals surface area contributed by atoms with Gasteiger partial charge in [0.15, 0.2) is 43.1 Å². The highest BCUT2D eigenvalue weighted by atomic mass is 16.8. The molecule has 262 valence electrons. The van der Waals surface area contributed by atoms with Crippen LogP contribution < -0.4 is 0 Å². The standard InChI is InChI=1S/C29H38O18/c1-9-10-37-28-26(43-18(7)35)25(42-17(6)34)23(21(45-28)12-39-14(3)31)47-29-27(44-19(8)36)24(41-16(5)33)22(40-15(4)32)20(46-29)11-38-13(2)30/h1,20-29H,10-12H2,2-8H3/t20-,21-,22-,23-,24+,25+,26-,27-,28-,29+/m1/s1. The molecule has 0 saturated carbocycles. The highest BCUT2D eigenvalue weighted by Gasteiger charge is 2.57. The van der Waals surface area contributed by atoms with Gasteiger partial charge in [0.1, 0.15) is 38.1 Å². The summed E-state index contributed by atoms with van der Waals surface area (Å²) in [6, 6.07) is 0. The van der Waals surface area contributed by atoms with Crippen LogP contribution in [0.2, 0.25) is 0 Å². The Bertz CT molecular complexity index is 1210. The van der Waals surface area contributed by atoms with Crippen molar-refractivity contribution in [3.05, 3.63) is 0 Å². The lowest BCUT2D eigenvalue weighted by Crippen LogP contribution is -2.67. The van der Waals surface area contributed by atoms with Crippen molar-refractivity contribution in [3.8, 4) is 12.3 Å². The fourth-order valence-electron chi connectivity index (χ4n) is 4.74. The molecule has 0 spiro atoms. The number of esters is 7. The molecule has 18 heteroatoms. The zero-order valence-electron chi connectivity index (χ0n) is 26.8. The topological polar surface area (TPSA) is 221 Å². The average Bonchev–Trinajstić information content (AvgIpc) is 2.94. The Hall–Kier alpha value is -4.31. The van der Waals surface area contributed by atoms with Crippen LogP contribution in [0.15, 0.2) is 0 Å². The van der Waals surface area contributed by atoms with Gasteiger partial charge >= 0.3 is 41.8 Å². The number of terminal acetylenes is 1. The Morgan fingerprint density at radius 1 is 0.511 bits per heavy atom. The molecule has 0 unspecified atom stereocenters. The summed E-state index contributed by atoms with van der Waals surface area (Å²) in [5.74, 6) is -3.68. The number of carbonyl (C=O) groups is 7. The second-order valence-corrected chi connectivity index (χ2v) is 10.2. The Balaban J connectivity index is 2.72. The summed E-state index contributed by atoms with van der Waals surface area (Å²) in [5.41, 5.74) is 0. The number of hydrogen-bond acceptors (Lipinski definition) is 18. The van der Waals surface area contributed by atoms with Crippen LogP contribution in [0, 0.1) is 12.3 Å². The first-order valence-corrected chi connectivity index (χ1v) is 14.2. The smallest absolute Gasteiger partial charge is 0.303 e. The minimum Gasteiger partial charge on any atom is -0.463 e. The molecule has 0 N–H and O–H groups in total. The van der Waals surface area contributed by atoms with E-state index < -0.39 is 116 Å². The summed E-state index contributed by atoms with van der Waals surface area (Å²) in [6.07, 6.45) is -10.2. The van der Waals surface area contributed by atoms with Crippen LogP contribution >= 0.6 is 0 Å². The Morgan fingerprint density at radius 3 is 1.30 bits per heavy atom. The van der Waals surface area contributed by atoms with E-state index >= 15 is 0 Å². The maximum atomic E-state index is 12.3. The van der Waals surface area contributed by atoms with Crippen molar-refractivity contribution in [1.82, 2.24) is 0 Å². The predicted octanol–water partition coefficient (Wildman–Crippen LogP) is -0.744. The molecule has 47 heavy (non-hydrogen) atoms. The predicted molar refractivity (Wildman–Crippen MR) is 148 cm³/mol. The largest absolute Gasteiger partial charge is 0.463 e. The van der Waals surface area contributed by atoms with Gasteiger partial charge in [-0.25, -0.2) is 0 Å². The highest BCUT2D eigenvalue weighted by Crippen LogP contribution is 2.35. The van der Waals surface area contributed by atoms with E-state index in [2.05, 4.69) is 5.92 Å². The molecule has 0 aliphatic carbocycles. The third kappa shape index (κ3) is 12.1. The van der Waals surface area contributed by atoms with E-state index in [0.29, 0.717) is 0 Å². The van der Waals surface area contributed by atoms with E-state index in [9.17, 15) is 33.6 Å². The zero-order chi connectivity index (χ0) is 35.4. The van der Waals surface area contributed by atoms with E-state index in [0.717, 1.165) is 48.5 Å². The molecule has 10 atom stereocenters. The van der Waals surface area contributed by atoms with E-state index in [1.807, 2.05) is 0 Å². The van der Waals surface area contributed by atoms with Gasteiger partial charge in [0.25, 0.3) is 0 Å². The fourth-order valence-corrected chi connectivity index (χ4v) is 4.74. The Kier molecular flexibility index (Phi) is 15.0. The lowest BCUT2D eigenvalue weighted by molar-refractivity contribution is -0.360. The lowest BCUT2D eigenvalue weighted by Gasteiger charge is -2.48. The second kappa shape index (κ2) is 18.1. The third-order valence-corrected chi connectivity index (χ3v) is 6.22. The second-order valence-electron chi connectivity index (χ2n) is 10.2. The number of carbonyl (C=O) groups excluding carboxylic acids is 7. The quantitative estimate of drug-likeness (QED) is 0.133. The molecule has 2 fully saturated rings.